The van der Waals surface area contributed by atoms with Crippen molar-refractivity contribution in [3.63, 3.8) is 0 Å². The van der Waals surface area contributed by atoms with E-state index in [2.05, 4.69) is 33.1 Å². The normalized spacial score (nSPS) is 12.8. The topological polar surface area (TPSA) is 95.0 Å². The van der Waals surface area contributed by atoms with Crippen LogP contribution in [0.5, 0.6) is 11.5 Å². The van der Waals surface area contributed by atoms with Gasteiger partial charge in [0.05, 0.1) is 12.2 Å². The molecule has 7 heteroatoms. The lowest BCUT2D eigenvalue weighted by Gasteiger charge is -2.12. The van der Waals surface area contributed by atoms with Crippen molar-refractivity contribution in [2.45, 2.75) is 19.8 Å². The van der Waals surface area contributed by atoms with Crippen molar-refractivity contribution < 1.29 is 14.6 Å². The van der Waals surface area contributed by atoms with Gasteiger partial charge in [0.2, 0.25) is 0 Å². The van der Waals surface area contributed by atoms with Gasteiger partial charge < -0.3 is 25.8 Å². The zero-order valence-corrected chi connectivity index (χ0v) is 16.7. The molecule has 0 bridgehead atoms. The Balaban J connectivity index is 1.43. The molecule has 1 aliphatic rings. The van der Waals surface area contributed by atoms with Crippen LogP contribution in [0.2, 0.25) is 0 Å². The van der Waals surface area contributed by atoms with Crippen LogP contribution in [0.3, 0.4) is 0 Å². The lowest BCUT2D eigenvalue weighted by molar-refractivity contribution is 0.0951. The molecule has 0 aliphatic carbocycles. The van der Waals surface area contributed by atoms with Crippen LogP contribution in [0.1, 0.15) is 28.4 Å². The highest BCUT2D eigenvalue weighted by Crippen LogP contribution is 2.25. The van der Waals surface area contributed by atoms with Crippen LogP contribution in [0, 0.1) is 0 Å². The maximum Gasteiger partial charge on any atom is 0.255 e. The van der Waals surface area contributed by atoms with Gasteiger partial charge in [-0.05, 0) is 42.7 Å². The Labute approximate surface area is 171 Å². The predicted octanol–water partition coefficient (Wildman–Crippen LogP) is 1.85. The summed E-state index contributed by atoms with van der Waals surface area (Å²) in [5, 5.41) is 18.9. The lowest BCUT2D eigenvalue weighted by atomic mass is 10.1. The summed E-state index contributed by atoms with van der Waals surface area (Å²) in [7, 11) is 0. The number of para-hydroxylation sites is 1. The summed E-state index contributed by atoms with van der Waals surface area (Å²) in [4.78, 5) is 16.7. The minimum atomic E-state index is -0.299. The maximum absolute atomic E-state index is 12.1. The van der Waals surface area contributed by atoms with E-state index in [9.17, 15) is 9.90 Å². The molecule has 154 valence electrons. The Morgan fingerprint density at radius 1 is 1.14 bits per heavy atom. The number of nitrogens with zero attached hydrogens (tertiary/aromatic N) is 1. The molecule has 2 aromatic rings. The molecule has 0 saturated carbocycles. The first kappa shape index (κ1) is 20.5. The summed E-state index contributed by atoms with van der Waals surface area (Å²) in [5.74, 6) is 1.39. The van der Waals surface area contributed by atoms with E-state index in [1.807, 2.05) is 13.0 Å². The van der Waals surface area contributed by atoms with Crippen molar-refractivity contribution >= 4 is 11.9 Å². The first-order valence-electron chi connectivity index (χ1n) is 10.0. The first-order valence-corrected chi connectivity index (χ1v) is 10.0. The third kappa shape index (κ3) is 5.88. The molecule has 0 radical (unpaired) electrons. The average molecular weight is 396 g/mol. The standard InChI is InChI=1S/C22H28N4O3/c1-2-23-22(25-11-9-16-7-8-20-17(15-16)10-14-29-20)26-13-12-24-21(28)18-5-3-4-6-19(18)27/h3-8,15,27H,2,9-14H2,1H3,(H,24,28)(H2,23,25,26). The molecule has 0 spiro atoms. The van der Waals surface area contributed by atoms with Gasteiger partial charge >= 0.3 is 0 Å². The van der Waals surface area contributed by atoms with E-state index in [0.29, 0.717) is 25.6 Å². The Morgan fingerprint density at radius 3 is 2.79 bits per heavy atom. The van der Waals surface area contributed by atoms with Gasteiger partial charge in [0.15, 0.2) is 5.96 Å². The fourth-order valence-corrected chi connectivity index (χ4v) is 3.15. The number of guanidine groups is 1. The van der Waals surface area contributed by atoms with Crippen molar-refractivity contribution in [2.24, 2.45) is 4.99 Å². The van der Waals surface area contributed by atoms with E-state index in [1.165, 1.54) is 17.2 Å². The zero-order valence-electron chi connectivity index (χ0n) is 16.7. The maximum atomic E-state index is 12.1. The predicted molar refractivity (Wildman–Crippen MR) is 114 cm³/mol. The second kappa shape index (κ2) is 10.4. The van der Waals surface area contributed by atoms with Crippen LogP contribution in [0.4, 0.5) is 0 Å². The van der Waals surface area contributed by atoms with Crippen molar-refractivity contribution in [2.75, 3.05) is 32.8 Å². The smallest absolute Gasteiger partial charge is 0.255 e. The number of rotatable bonds is 8. The Bertz CT molecular complexity index is 867. The highest BCUT2D eigenvalue weighted by molar-refractivity contribution is 5.96. The number of phenols is 1. The number of phenolic OH excluding ortho intramolecular Hbond substituents is 1. The second-order valence-electron chi connectivity index (χ2n) is 6.75. The minimum absolute atomic E-state index is 0.0222. The summed E-state index contributed by atoms with van der Waals surface area (Å²) < 4.78 is 5.54. The number of aliphatic imine (C=N–C) groups is 1. The number of hydrogen-bond acceptors (Lipinski definition) is 4. The molecular weight excluding hydrogens is 368 g/mol. The molecular formula is C22H28N4O3. The van der Waals surface area contributed by atoms with E-state index in [-0.39, 0.29) is 17.2 Å². The van der Waals surface area contributed by atoms with Gasteiger partial charge in [0.1, 0.15) is 11.5 Å². The van der Waals surface area contributed by atoms with Crippen LogP contribution in [-0.4, -0.2) is 49.8 Å². The quantitative estimate of drug-likeness (QED) is 0.310. The van der Waals surface area contributed by atoms with Crippen LogP contribution >= 0.6 is 0 Å². The third-order valence-corrected chi connectivity index (χ3v) is 4.62. The third-order valence-electron chi connectivity index (χ3n) is 4.62. The van der Waals surface area contributed by atoms with E-state index < -0.39 is 0 Å². The monoisotopic (exact) mass is 396 g/mol. The molecule has 0 aromatic heterocycles. The van der Waals surface area contributed by atoms with Crippen LogP contribution in [-0.2, 0) is 12.8 Å². The fourth-order valence-electron chi connectivity index (χ4n) is 3.15. The highest BCUT2D eigenvalue weighted by atomic mass is 16.5. The first-order chi connectivity index (χ1) is 14.2. The van der Waals surface area contributed by atoms with E-state index in [4.69, 9.17) is 4.74 Å². The molecule has 1 amide bonds. The van der Waals surface area contributed by atoms with E-state index in [0.717, 1.165) is 31.7 Å². The van der Waals surface area contributed by atoms with E-state index >= 15 is 0 Å². The summed E-state index contributed by atoms with van der Waals surface area (Å²) in [6.45, 7) is 5.15. The molecule has 3 rings (SSSR count). The van der Waals surface area contributed by atoms with Gasteiger partial charge in [-0.25, -0.2) is 0 Å². The summed E-state index contributed by atoms with van der Waals surface area (Å²) >= 11 is 0. The number of aromatic hydroxyl groups is 1. The van der Waals surface area contributed by atoms with Gasteiger partial charge in [-0.3, -0.25) is 9.79 Å². The molecule has 4 N–H and O–H groups in total. The Kier molecular flexibility index (Phi) is 7.33. The molecule has 0 saturated heterocycles. The SMILES string of the molecule is CCNC(=NCCc1ccc2c(c1)CCO2)NCCNC(=O)c1ccccc1O. The number of amides is 1. The lowest BCUT2D eigenvalue weighted by Crippen LogP contribution is -2.41. The van der Waals surface area contributed by atoms with Gasteiger partial charge in [0, 0.05) is 32.6 Å². The molecule has 0 unspecified atom stereocenters. The van der Waals surface area contributed by atoms with Crippen molar-refractivity contribution in [1.29, 1.82) is 0 Å². The molecule has 0 fully saturated rings. The molecule has 2 aromatic carbocycles. The minimum Gasteiger partial charge on any atom is -0.507 e. The molecule has 0 atom stereocenters. The largest absolute Gasteiger partial charge is 0.507 e. The van der Waals surface area contributed by atoms with Crippen LogP contribution in [0.15, 0.2) is 47.5 Å². The van der Waals surface area contributed by atoms with Crippen molar-refractivity contribution in [1.82, 2.24) is 16.0 Å². The summed E-state index contributed by atoms with van der Waals surface area (Å²) in [6.07, 6.45) is 1.83. The van der Waals surface area contributed by atoms with Gasteiger partial charge in [-0.2, -0.15) is 0 Å². The van der Waals surface area contributed by atoms with Crippen molar-refractivity contribution in [3.8, 4) is 11.5 Å². The highest BCUT2D eigenvalue weighted by Gasteiger charge is 2.12. The molecule has 7 nitrogen and oxygen atoms in total. The molecule has 1 aliphatic heterocycles. The fraction of sp³-hybridized carbons (Fsp3) is 0.364. The number of fused-ring (bicyclic) bond motifs is 1. The number of nitrogens with one attached hydrogen (secondary N) is 3. The van der Waals surface area contributed by atoms with E-state index in [1.54, 1.807) is 18.2 Å². The molecule has 29 heavy (non-hydrogen) atoms. The summed E-state index contributed by atoms with van der Waals surface area (Å²) in [5.41, 5.74) is 2.80. The van der Waals surface area contributed by atoms with Gasteiger partial charge in [-0.15, -0.1) is 0 Å². The number of hydrogen-bond donors (Lipinski definition) is 4. The van der Waals surface area contributed by atoms with Crippen LogP contribution < -0.4 is 20.7 Å². The second-order valence-corrected chi connectivity index (χ2v) is 6.75. The zero-order chi connectivity index (χ0) is 20.5. The Hall–Kier alpha value is -3.22. The Morgan fingerprint density at radius 2 is 1.97 bits per heavy atom. The number of carbonyl (C=O) groups excluding carboxylic acids is 1. The van der Waals surface area contributed by atoms with Crippen molar-refractivity contribution in [3.05, 3.63) is 59.2 Å². The number of ether oxygens (including phenoxy) is 1. The molecule has 1 heterocycles. The van der Waals surface area contributed by atoms with Gasteiger partial charge in [0.25, 0.3) is 5.91 Å². The van der Waals surface area contributed by atoms with Gasteiger partial charge in [-0.1, -0.05) is 24.3 Å². The van der Waals surface area contributed by atoms with Crippen LogP contribution in [0.25, 0.3) is 0 Å². The summed E-state index contributed by atoms with van der Waals surface area (Å²) in [6, 6.07) is 12.8. The number of benzene rings is 2. The average Bonchev–Trinajstić information content (AvgIpc) is 3.19. The number of carbonyl (C=O) groups is 1.